The molecule has 0 aromatic heterocycles. The van der Waals surface area contributed by atoms with E-state index in [0.717, 1.165) is 38.9 Å². The minimum atomic E-state index is -0.576. The fourth-order valence-corrected chi connectivity index (χ4v) is 3.50. The van der Waals surface area contributed by atoms with Crippen LogP contribution < -0.4 is 5.19 Å². The summed E-state index contributed by atoms with van der Waals surface area (Å²) >= 11 is 0. The summed E-state index contributed by atoms with van der Waals surface area (Å²) in [4.78, 5) is 0. The molecule has 0 spiro atoms. The fourth-order valence-electron chi connectivity index (χ4n) is 1.92. The molecular formula is C17H28O2Si. The minimum Gasteiger partial charge on any atom is -0.357 e. The van der Waals surface area contributed by atoms with Gasteiger partial charge in [-0.25, -0.2) is 0 Å². The molecule has 0 saturated heterocycles. The van der Waals surface area contributed by atoms with Crippen molar-refractivity contribution in [2.24, 2.45) is 0 Å². The van der Waals surface area contributed by atoms with Gasteiger partial charge >= 0.3 is 0 Å². The molecule has 0 N–H and O–H groups in total. The van der Waals surface area contributed by atoms with Gasteiger partial charge in [-0.1, -0.05) is 68.8 Å². The van der Waals surface area contributed by atoms with E-state index in [1.54, 1.807) is 0 Å². The zero-order valence-electron chi connectivity index (χ0n) is 12.9. The Hall–Kier alpha value is -0.903. The highest BCUT2D eigenvalue weighted by atomic mass is 28.2. The predicted octanol–water partition coefficient (Wildman–Crippen LogP) is 3.04. The Balaban J connectivity index is 2.53. The molecule has 0 radical (unpaired) electrons. The Labute approximate surface area is 126 Å². The average molecular weight is 292 g/mol. The Bertz CT molecular complexity index is 369. The van der Waals surface area contributed by atoms with E-state index in [-0.39, 0.29) is 5.91 Å². The second-order valence-corrected chi connectivity index (χ2v) is 6.92. The first-order chi connectivity index (χ1) is 9.80. The standard InChI is InChI=1S/C17H28O2Si/c1-4-7-12-18-17(19-13-8-5-2)20-16-11-9-10-15(6-3)14-16/h6,9-11,14,17H,3-5,7-8,12-13,20H2,1-2H3. The third-order valence-electron chi connectivity index (χ3n) is 3.19. The van der Waals surface area contributed by atoms with Gasteiger partial charge in [-0.15, -0.1) is 0 Å². The highest BCUT2D eigenvalue weighted by Gasteiger charge is 2.11. The van der Waals surface area contributed by atoms with Crippen molar-refractivity contribution < 1.29 is 9.47 Å². The number of rotatable bonds is 11. The van der Waals surface area contributed by atoms with E-state index < -0.39 is 9.52 Å². The van der Waals surface area contributed by atoms with Gasteiger partial charge in [0.1, 0.15) is 15.4 Å². The lowest BCUT2D eigenvalue weighted by molar-refractivity contribution is -0.0910. The molecule has 0 atom stereocenters. The number of unbranched alkanes of at least 4 members (excludes halogenated alkanes) is 2. The summed E-state index contributed by atoms with van der Waals surface area (Å²) in [7, 11) is -0.576. The van der Waals surface area contributed by atoms with Crippen molar-refractivity contribution in [3.63, 3.8) is 0 Å². The van der Waals surface area contributed by atoms with Gasteiger partial charge in [0.15, 0.2) is 0 Å². The second-order valence-electron chi connectivity index (χ2n) is 5.03. The van der Waals surface area contributed by atoms with Crippen LogP contribution in [-0.2, 0) is 9.47 Å². The lowest BCUT2D eigenvalue weighted by Crippen LogP contribution is -2.33. The summed E-state index contributed by atoms with van der Waals surface area (Å²) in [5.41, 5.74) is 1.18. The van der Waals surface area contributed by atoms with Gasteiger partial charge in [0.05, 0.1) is 0 Å². The quantitative estimate of drug-likeness (QED) is 0.354. The van der Waals surface area contributed by atoms with E-state index in [1.165, 1.54) is 10.8 Å². The monoisotopic (exact) mass is 292 g/mol. The van der Waals surface area contributed by atoms with Gasteiger partial charge < -0.3 is 9.47 Å². The Morgan fingerprint density at radius 1 is 1.15 bits per heavy atom. The van der Waals surface area contributed by atoms with Gasteiger partial charge in [-0.3, -0.25) is 0 Å². The van der Waals surface area contributed by atoms with E-state index in [2.05, 4.69) is 44.7 Å². The molecule has 0 amide bonds. The number of benzene rings is 1. The zero-order valence-corrected chi connectivity index (χ0v) is 14.4. The molecule has 112 valence electrons. The molecule has 1 aromatic rings. The first-order valence-electron chi connectivity index (χ1n) is 7.74. The van der Waals surface area contributed by atoms with E-state index in [4.69, 9.17) is 9.47 Å². The van der Waals surface area contributed by atoms with Gasteiger partial charge in [0.25, 0.3) is 0 Å². The van der Waals surface area contributed by atoms with Crippen molar-refractivity contribution in [2.75, 3.05) is 13.2 Å². The maximum absolute atomic E-state index is 5.92. The summed E-state index contributed by atoms with van der Waals surface area (Å²) < 4.78 is 11.8. The topological polar surface area (TPSA) is 18.5 Å². The normalized spacial score (nSPS) is 11.6. The van der Waals surface area contributed by atoms with Crippen LogP contribution in [0.4, 0.5) is 0 Å². The molecule has 20 heavy (non-hydrogen) atoms. The molecule has 0 aliphatic carbocycles. The van der Waals surface area contributed by atoms with Gasteiger partial charge in [0.2, 0.25) is 0 Å². The molecule has 2 nitrogen and oxygen atoms in total. The SMILES string of the molecule is C=Cc1cccc([SiH2]C(OCCCC)OCCCC)c1. The lowest BCUT2D eigenvalue weighted by atomic mass is 10.2. The maximum atomic E-state index is 5.92. The maximum Gasteiger partial charge on any atom is 0.139 e. The van der Waals surface area contributed by atoms with Crippen LogP contribution >= 0.6 is 0 Å². The van der Waals surface area contributed by atoms with E-state index in [1.807, 2.05) is 6.08 Å². The van der Waals surface area contributed by atoms with Crippen LogP contribution in [0.5, 0.6) is 0 Å². The average Bonchev–Trinajstić information content (AvgIpc) is 2.47. The van der Waals surface area contributed by atoms with Gasteiger partial charge in [0, 0.05) is 13.2 Å². The summed E-state index contributed by atoms with van der Waals surface area (Å²) in [6.07, 6.45) is 6.43. The van der Waals surface area contributed by atoms with Crippen molar-refractivity contribution >= 4 is 20.8 Å². The van der Waals surface area contributed by atoms with Crippen LogP contribution in [0.15, 0.2) is 30.8 Å². The summed E-state index contributed by atoms with van der Waals surface area (Å²) in [5.74, 6) is 0.00756. The molecule has 0 unspecified atom stereocenters. The Kier molecular flexibility index (Phi) is 9.29. The number of hydrogen-bond donors (Lipinski definition) is 0. The first kappa shape index (κ1) is 17.1. The summed E-state index contributed by atoms with van der Waals surface area (Å²) in [6.45, 7) is 9.80. The molecule has 0 aliphatic rings. The van der Waals surface area contributed by atoms with Crippen molar-refractivity contribution in [2.45, 2.75) is 45.4 Å². The largest absolute Gasteiger partial charge is 0.357 e. The smallest absolute Gasteiger partial charge is 0.139 e. The third kappa shape index (κ3) is 7.03. The molecular weight excluding hydrogens is 264 g/mol. The molecule has 0 saturated carbocycles. The molecule has 1 rings (SSSR count). The predicted molar refractivity (Wildman–Crippen MR) is 90.2 cm³/mol. The van der Waals surface area contributed by atoms with Crippen LogP contribution in [0, 0.1) is 0 Å². The minimum absolute atomic E-state index is 0.00756. The second kappa shape index (κ2) is 10.8. The van der Waals surface area contributed by atoms with E-state index in [9.17, 15) is 0 Å². The lowest BCUT2D eigenvalue weighted by Gasteiger charge is -2.18. The zero-order chi connectivity index (χ0) is 14.6. The van der Waals surface area contributed by atoms with Crippen molar-refractivity contribution in [3.05, 3.63) is 36.4 Å². The van der Waals surface area contributed by atoms with Crippen LogP contribution in [0.1, 0.15) is 45.1 Å². The highest BCUT2D eigenvalue weighted by Crippen LogP contribution is 2.02. The third-order valence-corrected chi connectivity index (χ3v) is 4.91. The van der Waals surface area contributed by atoms with Crippen LogP contribution in [0.25, 0.3) is 6.08 Å². The summed E-state index contributed by atoms with van der Waals surface area (Å²) in [5, 5.41) is 1.38. The van der Waals surface area contributed by atoms with E-state index in [0.29, 0.717) is 0 Å². The van der Waals surface area contributed by atoms with E-state index >= 15 is 0 Å². The van der Waals surface area contributed by atoms with Crippen molar-refractivity contribution in [3.8, 4) is 0 Å². The Morgan fingerprint density at radius 3 is 2.35 bits per heavy atom. The molecule has 0 bridgehead atoms. The van der Waals surface area contributed by atoms with Gasteiger partial charge in [-0.2, -0.15) is 0 Å². The number of ether oxygens (including phenoxy) is 2. The van der Waals surface area contributed by atoms with Crippen LogP contribution in [0.3, 0.4) is 0 Å². The number of hydrogen-bond acceptors (Lipinski definition) is 2. The van der Waals surface area contributed by atoms with Gasteiger partial charge in [-0.05, 0) is 18.4 Å². The molecule has 3 heteroatoms. The van der Waals surface area contributed by atoms with Crippen molar-refractivity contribution in [1.82, 2.24) is 0 Å². The molecule has 0 aliphatic heterocycles. The van der Waals surface area contributed by atoms with Crippen molar-refractivity contribution in [1.29, 1.82) is 0 Å². The molecule has 0 fully saturated rings. The highest BCUT2D eigenvalue weighted by molar-refractivity contribution is 6.54. The molecule has 1 aromatic carbocycles. The fraction of sp³-hybridized carbons (Fsp3) is 0.529. The first-order valence-corrected chi connectivity index (χ1v) is 9.27. The van der Waals surface area contributed by atoms with Crippen LogP contribution in [-0.4, -0.2) is 28.6 Å². The summed E-state index contributed by atoms with van der Waals surface area (Å²) in [6, 6.07) is 8.56. The molecule has 0 heterocycles. The van der Waals surface area contributed by atoms with Crippen LogP contribution in [0.2, 0.25) is 0 Å². The Morgan fingerprint density at radius 2 is 1.80 bits per heavy atom.